The van der Waals surface area contributed by atoms with E-state index in [0.29, 0.717) is 12.1 Å². The van der Waals surface area contributed by atoms with Crippen LogP contribution in [0, 0.1) is 11.7 Å². The van der Waals surface area contributed by atoms with Crippen LogP contribution in [0.4, 0.5) is 15.8 Å². The van der Waals surface area contributed by atoms with Gasteiger partial charge in [-0.3, -0.25) is 19.3 Å². The molecule has 1 atom stereocenters. The van der Waals surface area contributed by atoms with Crippen LogP contribution in [-0.2, 0) is 4.79 Å². The van der Waals surface area contributed by atoms with Crippen molar-refractivity contribution in [2.45, 2.75) is 58.0 Å². The number of benzene rings is 1. The highest BCUT2D eigenvalue weighted by Gasteiger charge is 2.36. The van der Waals surface area contributed by atoms with Gasteiger partial charge in [0.2, 0.25) is 5.91 Å². The predicted molar refractivity (Wildman–Crippen MR) is 122 cm³/mol. The maximum atomic E-state index is 13.6. The molecular weight excluding hydrogens is 433 g/mol. The molecule has 1 aliphatic carbocycles. The van der Waals surface area contributed by atoms with Gasteiger partial charge in [-0.1, -0.05) is 26.7 Å². The van der Waals surface area contributed by atoms with Gasteiger partial charge in [0.1, 0.15) is 16.7 Å². The predicted octanol–water partition coefficient (Wildman–Crippen LogP) is 3.08. The van der Waals surface area contributed by atoms with E-state index in [9.17, 15) is 18.8 Å². The Morgan fingerprint density at radius 1 is 1.22 bits per heavy atom. The Labute approximate surface area is 190 Å². The molecule has 10 heteroatoms. The lowest BCUT2D eigenvalue weighted by Crippen LogP contribution is -2.52. The van der Waals surface area contributed by atoms with Gasteiger partial charge in [-0.25, -0.2) is 4.39 Å². The average molecular weight is 462 g/mol. The summed E-state index contributed by atoms with van der Waals surface area (Å²) in [5.41, 5.74) is 11.3. The second-order valence-corrected chi connectivity index (χ2v) is 9.20. The molecule has 3 amide bonds. The number of hydrogen-bond donors (Lipinski definition) is 3. The van der Waals surface area contributed by atoms with Crippen LogP contribution in [0.15, 0.2) is 24.3 Å². The van der Waals surface area contributed by atoms with Crippen LogP contribution in [0.5, 0.6) is 0 Å². The molecule has 1 saturated carbocycles. The number of rotatable bonds is 8. The Kier molecular flexibility index (Phi) is 7.44. The fraction of sp³-hybridized carbons (Fsp3) is 0.455. The van der Waals surface area contributed by atoms with Gasteiger partial charge in [0.15, 0.2) is 5.69 Å². The fourth-order valence-electron chi connectivity index (χ4n) is 3.92. The topological polar surface area (TPSA) is 131 Å². The molecular formula is C22H28FN5O3S. The van der Waals surface area contributed by atoms with Gasteiger partial charge in [-0.15, -0.1) is 0 Å². The molecule has 0 saturated heterocycles. The van der Waals surface area contributed by atoms with Gasteiger partial charge < -0.3 is 16.8 Å². The molecule has 32 heavy (non-hydrogen) atoms. The largest absolute Gasteiger partial charge is 0.395 e. The van der Waals surface area contributed by atoms with Gasteiger partial charge in [-0.05, 0) is 61.0 Å². The average Bonchev–Trinajstić information content (AvgIpc) is 3.37. The Balaban J connectivity index is 2.04. The minimum atomic E-state index is -0.855. The zero-order valence-corrected chi connectivity index (χ0v) is 19.0. The third kappa shape index (κ3) is 5.24. The van der Waals surface area contributed by atoms with Crippen LogP contribution in [0.25, 0.3) is 0 Å². The lowest BCUT2D eigenvalue weighted by atomic mass is 9.99. The monoisotopic (exact) mass is 461 g/mol. The lowest BCUT2D eigenvalue weighted by molar-refractivity contribution is -0.123. The van der Waals surface area contributed by atoms with Crippen molar-refractivity contribution in [3.63, 3.8) is 0 Å². The molecule has 1 fully saturated rings. The van der Waals surface area contributed by atoms with Crippen molar-refractivity contribution < 1.29 is 18.8 Å². The maximum absolute atomic E-state index is 13.6. The number of nitrogens with one attached hydrogen (secondary N) is 1. The molecule has 5 N–H and O–H groups in total. The molecule has 0 bridgehead atoms. The van der Waals surface area contributed by atoms with Crippen LogP contribution in [0.1, 0.15) is 66.1 Å². The molecule has 2 aromatic rings. The van der Waals surface area contributed by atoms with E-state index in [1.54, 1.807) is 0 Å². The van der Waals surface area contributed by atoms with Crippen LogP contribution in [0.3, 0.4) is 0 Å². The second kappa shape index (κ2) is 10.1. The number of amides is 3. The van der Waals surface area contributed by atoms with Gasteiger partial charge in [0, 0.05) is 11.7 Å². The summed E-state index contributed by atoms with van der Waals surface area (Å²) in [6, 6.07) is 4.54. The number of aromatic nitrogens is 1. The molecule has 172 valence electrons. The number of primary amides is 1. The Bertz CT molecular complexity index is 986. The summed E-state index contributed by atoms with van der Waals surface area (Å²) >= 11 is 0.747. The number of halogens is 1. The van der Waals surface area contributed by atoms with E-state index in [-0.39, 0.29) is 34.1 Å². The second-order valence-electron chi connectivity index (χ2n) is 8.43. The van der Waals surface area contributed by atoms with Crippen LogP contribution in [-0.4, -0.2) is 34.2 Å². The molecule has 0 radical (unpaired) electrons. The van der Waals surface area contributed by atoms with E-state index in [0.717, 1.165) is 37.2 Å². The summed E-state index contributed by atoms with van der Waals surface area (Å²) in [6.07, 6.45) is 4.27. The molecule has 0 aliphatic heterocycles. The van der Waals surface area contributed by atoms with Crippen LogP contribution >= 0.6 is 11.5 Å². The zero-order valence-electron chi connectivity index (χ0n) is 18.1. The SMILES string of the molecule is CC(C)CC(C(=O)NC1CCCC1)N(C(=O)c1snc(C(N)=O)c1N)c1ccc(F)cc1. The van der Waals surface area contributed by atoms with E-state index in [2.05, 4.69) is 9.69 Å². The quantitative estimate of drug-likeness (QED) is 0.556. The van der Waals surface area contributed by atoms with Gasteiger partial charge >= 0.3 is 0 Å². The number of hydrogen-bond acceptors (Lipinski definition) is 6. The Morgan fingerprint density at radius 3 is 2.38 bits per heavy atom. The van der Waals surface area contributed by atoms with Crippen LogP contribution < -0.4 is 21.7 Å². The summed E-state index contributed by atoms with van der Waals surface area (Å²) in [7, 11) is 0. The Morgan fingerprint density at radius 2 is 1.84 bits per heavy atom. The molecule has 3 rings (SSSR count). The van der Waals surface area contributed by atoms with Crippen molar-refractivity contribution in [2.75, 3.05) is 10.6 Å². The van der Waals surface area contributed by atoms with E-state index in [1.807, 2.05) is 13.8 Å². The maximum Gasteiger partial charge on any atom is 0.272 e. The fourth-order valence-corrected chi connectivity index (χ4v) is 4.67. The third-order valence-corrected chi connectivity index (χ3v) is 6.34. The molecule has 1 heterocycles. The number of nitrogens with zero attached hydrogens (tertiary/aromatic N) is 2. The van der Waals surface area contributed by atoms with Gasteiger partial charge in [0.25, 0.3) is 11.8 Å². The molecule has 8 nitrogen and oxygen atoms in total. The summed E-state index contributed by atoms with van der Waals surface area (Å²) in [4.78, 5) is 39.9. The van der Waals surface area contributed by atoms with Crippen molar-refractivity contribution in [3.05, 3.63) is 40.7 Å². The zero-order chi connectivity index (χ0) is 23.4. The van der Waals surface area contributed by atoms with Crippen molar-refractivity contribution in [1.82, 2.24) is 9.69 Å². The highest BCUT2D eigenvalue weighted by atomic mass is 32.1. The Hall–Kier alpha value is -3.01. The van der Waals surface area contributed by atoms with E-state index in [4.69, 9.17) is 11.5 Å². The van der Waals surface area contributed by atoms with E-state index in [1.165, 1.54) is 29.2 Å². The number of nitrogens with two attached hydrogens (primary N) is 2. The first-order chi connectivity index (χ1) is 15.2. The number of carbonyl (C=O) groups is 3. The minimum Gasteiger partial charge on any atom is -0.395 e. The van der Waals surface area contributed by atoms with Crippen molar-refractivity contribution in [1.29, 1.82) is 0 Å². The first-order valence-electron chi connectivity index (χ1n) is 10.6. The van der Waals surface area contributed by atoms with Crippen molar-refractivity contribution in [2.24, 2.45) is 11.7 Å². The standard InChI is InChI=1S/C22H28FN5O3S/c1-12(2)11-16(21(30)26-14-5-3-4-6-14)28(15-9-7-13(23)8-10-15)22(31)19-17(24)18(20(25)29)27-32-19/h7-10,12,14,16H,3-6,11,24H2,1-2H3,(H2,25,29)(H,26,30). The van der Waals surface area contributed by atoms with Gasteiger partial charge in [0.05, 0.1) is 5.69 Å². The molecule has 1 unspecified atom stereocenters. The van der Waals surface area contributed by atoms with E-state index < -0.39 is 23.7 Å². The van der Waals surface area contributed by atoms with E-state index >= 15 is 0 Å². The first kappa shape index (κ1) is 23.6. The number of anilines is 2. The van der Waals surface area contributed by atoms with Gasteiger partial charge in [-0.2, -0.15) is 4.37 Å². The normalized spacial score (nSPS) is 15.0. The van der Waals surface area contributed by atoms with Crippen molar-refractivity contribution >= 4 is 40.6 Å². The lowest BCUT2D eigenvalue weighted by Gasteiger charge is -2.32. The van der Waals surface area contributed by atoms with Crippen LogP contribution in [0.2, 0.25) is 0 Å². The highest BCUT2D eigenvalue weighted by Crippen LogP contribution is 2.30. The molecule has 1 aliphatic rings. The molecule has 1 aromatic heterocycles. The summed E-state index contributed by atoms with van der Waals surface area (Å²) in [6.45, 7) is 3.91. The third-order valence-electron chi connectivity index (χ3n) is 5.49. The summed E-state index contributed by atoms with van der Waals surface area (Å²) in [5.74, 6) is -2.09. The number of nitrogen functional groups attached to an aromatic ring is 1. The molecule has 1 aromatic carbocycles. The summed E-state index contributed by atoms with van der Waals surface area (Å²) < 4.78 is 17.5. The number of carbonyl (C=O) groups excluding carboxylic acids is 3. The minimum absolute atomic E-state index is 0.00514. The highest BCUT2D eigenvalue weighted by molar-refractivity contribution is 7.09. The smallest absolute Gasteiger partial charge is 0.272 e. The molecule has 0 spiro atoms. The van der Waals surface area contributed by atoms with Crippen molar-refractivity contribution in [3.8, 4) is 0 Å². The summed E-state index contributed by atoms with van der Waals surface area (Å²) in [5, 5.41) is 3.07. The first-order valence-corrected chi connectivity index (χ1v) is 11.4.